The molecule has 1 fully saturated rings. The molecule has 6 nitrogen and oxygen atoms in total. The summed E-state index contributed by atoms with van der Waals surface area (Å²) in [5, 5.41) is 4.10. The molecule has 25 heavy (non-hydrogen) atoms. The van der Waals surface area contributed by atoms with Crippen molar-refractivity contribution >= 4 is 15.9 Å². The summed E-state index contributed by atoms with van der Waals surface area (Å²) in [7, 11) is 3.87. The Morgan fingerprint density at radius 3 is 3.08 bits per heavy atom. The molecule has 2 heterocycles. The Hall–Kier alpha value is -1.69. The zero-order valence-electron chi connectivity index (χ0n) is 14.1. The third kappa shape index (κ3) is 1.76. The standard InChI is InChI=1S/C18H19BrN4O2/c1-23-6-5-18-10-8-11(19)15(21-22-20)17(18)25-16-13(24-2)4-3-9(14(16)18)7-12(10)23/h3-4,8,11-12,15,17H,5-7H2,1-2H3/t11-,12-,15-,17+,18+/m1/s1. The van der Waals surface area contributed by atoms with Gasteiger partial charge in [0.25, 0.3) is 0 Å². The van der Waals surface area contributed by atoms with Gasteiger partial charge in [-0.25, -0.2) is 0 Å². The maximum atomic E-state index is 9.10. The van der Waals surface area contributed by atoms with Gasteiger partial charge in [0.2, 0.25) is 0 Å². The first-order valence-corrected chi connectivity index (χ1v) is 9.51. The van der Waals surface area contributed by atoms with E-state index in [0.29, 0.717) is 6.04 Å². The van der Waals surface area contributed by atoms with E-state index in [1.54, 1.807) is 7.11 Å². The van der Waals surface area contributed by atoms with Gasteiger partial charge in [0.05, 0.1) is 18.6 Å². The molecule has 1 aromatic rings. The van der Waals surface area contributed by atoms with Gasteiger partial charge in [-0.2, -0.15) is 0 Å². The summed E-state index contributed by atoms with van der Waals surface area (Å²) in [5.41, 5.74) is 12.9. The number of halogens is 1. The average Bonchev–Trinajstić information content (AvgIpc) is 2.95. The molecule has 2 bridgehead atoms. The summed E-state index contributed by atoms with van der Waals surface area (Å²) >= 11 is 3.73. The lowest BCUT2D eigenvalue weighted by Crippen LogP contribution is -2.62. The van der Waals surface area contributed by atoms with Crippen LogP contribution in [0.5, 0.6) is 11.5 Å². The summed E-state index contributed by atoms with van der Waals surface area (Å²) in [6, 6.07) is 4.28. The van der Waals surface area contributed by atoms with Crippen molar-refractivity contribution in [3.05, 3.63) is 45.4 Å². The van der Waals surface area contributed by atoms with Crippen LogP contribution in [0.4, 0.5) is 0 Å². The Balaban J connectivity index is 1.83. The van der Waals surface area contributed by atoms with Gasteiger partial charge in [-0.15, -0.1) is 0 Å². The Labute approximate surface area is 154 Å². The number of piperidine rings is 1. The molecule has 0 N–H and O–H groups in total. The number of ether oxygens (including phenoxy) is 2. The Bertz CT molecular complexity index is 850. The minimum absolute atomic E-state index is 0.0209. The number of likely N-dealkylation sites (N-methyl/N-ethyl adjacent to an activating group) is 1. The van der Waals surface area contributed by atoms with Gasteiger partial charge in [-0.3, -0.25) is 4.90 Å². The van der Waals surface area contributed by atoms with E-state index in [-0.39, 0.29) is 22.4 Å². The minimum atomic E-state index is -0.277. The lowest BCUT2D eigenvalue weighted by atomic mass is 9.55. The van der Waals surface area contributed by atoms with Gasteiger partial charge in [0.1, 0.15) is 6.10 Å². The van der Waals surface area contributed by atoms with Gasteiger partial charge < -0.3 is 9.47 Å². The van der Waals surface area contributed by atoms with Crippen molar-refractivity contribution in [3.8, 4) is 11.5 Å². The van der Waals surface area contributed by atoms with E-state index in [2.05, 4.69) is 50.0 Å². The van der Waals surface area contributed by atoms with Crippen LogP contribution in [0.25, 0.3) is 10.4 Å². The molecule has 1 saturated heterocycles. The Morgan fingerprint density at radius 2 is 2.32 bits per heavy atom. The SMILES string of the molecule is COc1ccc2c3c1O[C@H]1[C@H](N=[N+]=[N-])[C@H](Br)C=C4[C@@H](C2)N(C)CC[C@]431. The van der Waals surface area contributed by atoms with Crippen LogP contribution in [0.15, 0.2) is 28.9 Å². The van der Waals surface area contributed by atoms with Gasteiger partial charge in [0, 0.05) is 21.3 Å². The summed E-state index contributed by atoms with van der Waals surface area (Å²) in [6.07, 6.45) is 4.05. The highest BCUT2D eigenvalue weighted by atomic mass is 79.9. The van der Waals surface area contributed by atoms with Crippen LogP contribution in [-0.4, -0.2) is 48.6 Å². The van der Waals surface area contributed by atoms with Crippen molar-refractivity contribution in [2.45, 2.75) is 41.3 Å². The Morgan fingerprint density at radius 1 is 1.48 bits per heavy atom. The fourth-order valence-electron chi connectivity index (χ4n) is 5.39. The average molecular weight is 403 g/mol. The minimum Gasteiger partial charge on any atom is -0.493 e. The van der Waals surface area contributed by atoms with Gasteiger partial charge in [-0.1, -0.05) is 33.2 Å². The van der Waals surface area contributed by atoms with Gasteiger partial charge in [-0.05, 0) is 49.2 Å². The molecular weight excluding hydrogens is 384 g/mol. The zero-order chi connectivity index (χ0) is 17.3. The van der Waals surface area contributed by atoms with Crippen LogP contribution in [-0.2, 0) is 11.8 Å². The molecule has 1 spiro atoms. The summed E-state index contributed by atoms with van der Waals surface area (Å²) in [4.78, 5) is 5.52. The number of rotatable bonds is 2. The van der Waals surface area contributed by atoms with Crippen LogP contribution in [0, 0.1) is 0 Å². The van der Waals surface area contributed by atoms with Crippen LogP contribution >= 0.6 is 15.9 Å². The second-order valence-corrected chi connectivity index (χ2v) is 8.41. The van der Waals surface area contributed by atoms with E-state index in [4.69, 9.17) is 15.0 Å². The molecule has 5 rings (SSSR count). The smallest absolute Gasteiger partial charge is 0.166 e. The predicted octanol–water partition coefficient (Wildman–Crippen LogP) is 3.34. The second kappa shape index (κ2) is 5.16. The number of benzene rings is 1. The molecule has 130 valence electrons. The van der Waals surface area contributed by atoms with E-state index in [1.165, 1.54) is 16.7 Å². The maximum absolute atomic E-state index is 9.10. The van der Waals surface area contributed by atoms with E-state index in [9.17, 15) is 0 Å². The highest BCUT2D eigenvalue weighted by molar-refractivity contribution is 9.09. The van der Waals surface area contributed by atoms with Crippen molar-refractivity contribution in [2.75, 3.05) is 20.7 Å². The maximum Gasteiger partial charge on any atom is 0.166 e. The van der Waals surface area contributed by atoms with E-state index in [0.717, 1.165) is 30.9 Å². The zero-order valence-corrected chi connectivity index (χ0v) is 15.7. The van der Waals surface area contributed by atoms with Crippen molar-refractivity contribution in [1.82, 2.24) is 4.90 Å². The van der Waals surface area contributed by atoms with Gasteiger partial charge >= 0.3 is 0 Å². The quantitative estimate of drug-likeness (QED) is 0.250. The van der Waals surface area contributed by atoms with Crippen LogP contribution < -0.4 is 9.47 Å². The molecule has 0 amide bonds. The highest BCUT2D eigenvalue weighted by Crippen LogP contribution is 2.63. The first-order valence-electron chi connectivity index (χ1n) is 8.59. The summed E-state index contributed by atoms with van der Waals surface area (Å²) in [5.74, 6) is 1.61. The lowest BCUT2D eigenvalue weighted by Gasteiger charge is -2.55. The fraction of sp³-hybridized carbons (Fsp3) is 0.556. The molecule has 0 saturated carbocycles. The topological polar surface area (TPSA) is 70.5 Å². The molecule has 2 aliphatic carbocycles. The molecule has 5 atom stereocenters. The molecule has 0 aromatic heterocycles. The molecule has 1 aromatic carbocycles. The van der Waals surface area contributed by atoms with E-state index < -0.39 is 0 Å². The fourth-order valence-corrected chi connectivity index (χ4v) is 6.06. The number of hydrogen-bond acceptors (Lipinski definition) is 4. The predicted molar refractivity (Wildman–Crippen MR) is 97.6 cm³/mol. The lowest BCUT2D eigenvalue weighted by molar-refractivity contribution is 0.0715. The Kier molecular flexibility index (Phi) is 3.21. The normalized spacial score (nSPS) is 37.5. The van der Waals surface area contributed by atoms with E-state index >= 15 is 0 Å². The molecule has 0 unspecified atom stereocenters. The van der Waals surface area contributed by atoms with Crippen LogP contribution in [0.1, 0.15) is 17.5 Å². The number of hydrogen-bond donors (Lipinski definition) is 0. The monoisotopic (exact) mass is 402 g/mol. The number of azide groups is 1. The summed E-state index contributed by atoms with van der Waals surface area (Å²) in [6.45, 7) is 1.01. The first-order chi connectivity index (χ1) is 12.1. The third-order valence-corrected chi connectivity index (χ3v) is 7.25. The number of alkyl halides is 1. The first kappa shape index (κ1) is 15.6. The molecule has 4 aliphatic rings. The molecule has 2 aliphatic heterocycles. The number of nitrogens with zero attached hydrogens (tertiary/aromatic N) is 4. The molecule has 0 radical (unpaired) electrons. The molecule has 7 heteroatoms. The van der Waals surface area contributed by atoms with Crippen molar-refractivity contribution in [3.63, 3.8) is 0 Å². The largest absolute Gasteiger partial charge is 0.493 e. The van der Waals surface area contributed by atoms with Gasteiger partial charge in [0.15, 0.2) is 11.5 Å². The van der Waals surface area contributed by atoms with Crippen molar-refractivity contribution in [2.24, 2.45) is 5.11 Å². The number of methoxy groups -OCH3 is 1. The third-order valence-electron chi connectivity index (χ3n) is 6.44. The van der Waals surface area contributed by atoms with Crippen LogP contribution in [0.3, 0.4) is 0 Å². The van der Waals surface area contributed by atoms with Crippen molar-refractivity contribution in [1.29, 1.82) is 0 Å². The van der Waals surface area contributed by atoms with Crippen molar-refractivity contribution < 1.29 is 9.47 Å². The number of likely N-dealkylation sites (tertiary alicyclic amines) is 1. The van der Waals surface area contributed by atoms with E-state index in [1.807, 2.05) is 6.07 Å². The summed E-state index contributed by atoms with van der Waals surface area (Å²) < 4.78 is 12.1. The molecular formula is C18H19BrN4O2. The van der Waals surface area contributed by atoms with Crippen LogP contribution in [0.2, 0.25) is 0 Å². The highest BCUT2D eigenvalue weighted by Gasteiger charge is 2.63. The second-order valence-electron chi connectivity index (χ2n) is 7.35.